The molecule has 1 saturated heterocycles. The van der Waals surface area contributed by atoms with Gasteiger partial charge >= 0.3 is 0 Å². The van der Waals surface area contributed by atoms with Crippen LogP contribution in [0.3, 0.4) is 0 Å². The van der Waals surface area contributed by atoms with Crippen molar-refractivity contribution in [1.29, 1.82) is 0 Å². The Hall–Kier alpha value is -2.61. The number of hydrogen-bond donors (Lipinski definition) is 0. The summed E-state index contributed by atoms with van der Waals surface area (Å²) in [5.74, 6) is 0.872. The highest BCUT2D eigenvalue weighted by molar-refractivity contribution is 7.92. The molecule has 8 heteroatoms. The predicted octanol–water partition coefficient (Wildman–Crippen LogP) is 2.79. The van der Waals surface area contributed by atoms with E-state index in [0.29, 0.717) is 30.4 Å². The minimum Gasteiger partial charge on any atom is -0.497 e. The van der Waals surface area contributed by atoms with Crippen molar-refractivity contribution < 1.29 is 17.9 Å². The maximum Gasteiger partial charge on any atom is 0.272 e. The average molecular weight is 404 g/mol. The monoisotopic (exact) mass is 403 g/mol. The summed E-state index contributed by atoms with van der Waals surface area (Å²) in [6.45, 7) is 3.53. The molecule has 0 bridgehead atoms. The number of carbonyl (C=O) groups excluding carboxylic acids is 1. The van der Waals surface area contributed by atoms with Gasteiger partial charge in [0.25, 0.3) is 15.9 Å². The molecule has 0 saturated carbocycles. The van der Waals surface area contributed by atoms with Crippen LogP contribution in [0.25, 0.3) is 0 Å². The van der Waals surface area contributed by atoms with Crippen molar-refractivity contribution in [3.63, 3.8) is 0 Å². The number of methoxy groups -OCH3 is 1. The third-order valence-electron chi connectivity index (χ3n) is 4.99. The molecule has 0 aliphatic carbocycles. The summed E-state index contributed by atoms with van der Waals surface area (Å²) in [6.07, 6.45) is 3.55. The third-order valence-corrected chi connectivity index (χ3v) is 6.79. The van der Waals surface area contributed by atoms with Gasteiger partial charge in [-0.25, -0.2) is 8.42 Å². The maximum absolute atomic E-state index is 12.9. The minimum atomic E-state index is -3.77. The number of rotatable bonds is 5. The van der Waals surface area contributed by atoms with E-state index in [1.54, 1.807) is 23.1 Å². The van der Waals surface area contributed by atoms with Gasteiger partial charge in [0.2, 0.25) is 0 Å². The molecule has 1 atom stereocenters. The number of pyridine rings is 1. The molecule has 28 heavy (non-hydrogen) atoms. The van der Waals surface area contributed by atoms with Crippen LogP contribution in [0.5, 0.6) is 5.75 Å². The van der Waals surface area contributed by atoms with E-state index in [1.165, 1.54) is 38.6 Å². The molecule has 1 fully saturated rings. The van der Waals surface area contributed by atoms with Crippen molar-refractivity contribution in [1.82, 2.24) is 9.88 Å². The summed E-state index contributed by atoms with van der Waals surface area (Å²) >= 11 is 0. The number of hydrogen-bond acceptors (Lipinski definition) is 5. The number of benzene rings is 1. The molecule has 2 aromatic rings. The molecule has 1 aromatic carbocycles. The minimum absolute atomic E-state index is 0.144. The maximum atomic E-state index is 12.9. The van der Waals surface area contributed by atoms with Crippen LogP contribution in [0.2, 0.25) is 0 Å². The number of aromatic nitrogens is 1. The van der Waals surface area contributed by atoms with E-state index >= 15 is 0 Å². The molecule has 0 spiro atoms. The molecule has 0 N–H and O–H groups in total. The largest absolute Gasteiger partial charge is 0.497 e. The molecule has 150 valence electrons. The van der Waals surface area contributed by atoms with E-state index in [9.17, 15) is 13.2 Å². The van der Waals surface area contributed by atoms with Gasteiger partial charge in [0, 0.05) is 26.3 Å². The fourth-order valence-corrected chi connectivity index (χ4v) is 4.50. The quantitative estimate of drug-likeness (QED) is 0.767. The van der Waals surface area contributed by atoms with Crippen LogP contribution in [-0.4, -0.2) is 51.5 Å². The van der Waals surface area contributed by atoms with Gasteiger partial charge < -0.3 is 9.64 Å². The first-order valence-corrected chi connectivity index (χ1v) is 10.6. The van der Waals surface area contributed by atoms with E-state index in [1.807, 2.05) is 0 Å². The lowest BCUT2D eigenvalue weighted by Crippen LogP contribution is -2.39. The normalized spacial score (nSPS) is 17.2. The first-order valence-electron chi connectivity index (χ1n) is 9.21. The molecule has 0 radical (unpaired) electrons. The first-order chi connectivity index (χ1) is 13.3. The summed E-state index contributed by atoms with van der Waals surface area (Å²) in [6, 6.07) is 9.29. The number of anilines is 1. The van der Waals surface area contributed by atoms with Crippen molar-refractivity contribution in [3.05, 3.63) is 48.3 Å². The Balaban J connectivity index is 1.84. The number of nitrogens with zero attached hydrogens (tertiary/aromatic N) is 3. The summed E-state index contributed by atoms with van der Waals surface area (Å²) in [4.78, 5) is 18.9. The van der Waals surface area contributed by atoms with Crippen LogP contribution in [0.1, 0.15) is 30.3 Å². The summed E-state index contributed by atoms with van der Waals surface area (Å²) in [7, 11) is -0.782. The fraction of sp³-hybridized carbons (Fsp3) is 0.400. The highest BCUT2D eigenvalue weighted by atomic mass is 32.2. The second-order valence-electron chi connectivity index (χ2n) is 7.05. The lowest BCUT2D eigenvalue weighted by atomic mass is 10.00. The Morgan fingerprint density at radius 3 is 2.61 bits per heavy atom. The first kappa shape index (κ1) is 20.1. The zero-order valence-electron chi connectivity index (χ0n) is 16.3. The highest BCUT2D eigenvalue weighted by Crippen LogP contribution is 2.25. The summed E-state index contributed by atoms with van der Waals surface area (Å²) in [5, 5.41) is 0. The summed E-state index contributed by atoms with van der Waals surface area (Å²) in [5.41, 5.74) is 0.641. The fourth-order valence-electron chi connectivity index (χ4n) is 3.31. The molecule has 7 nitrogen and oxygen atoms in total. The van der Waals surface area contributed by atoms with E-state index in [4.69, 9.17) is 4.74 Å². The van der Waals surface area contributed by atoms with Crippen LogP contribution in [0, 0.1) is 5.92 Å². The summed E-state index contributed by atoms with van der Waals surface area (Å²) < 4.78 is 32.1. The highest BCUT2D eigenvalue weighted by Gasteiger charge is 2.25. The van der Waals surface area contributed by atoms with Crippen LogP contribution in [0.4, 0.5) is 5.69 Å². The smallest absolute Gasteiger partial charge is 0.272 e. The van der Waals surface area contributed by atoms with Gasteiger partial charge in [-0.15, -0.1) is 0 Å². The lowest BCUT2D eigenvalue weighted by Gasteiger charge is -2.30. The number of likely N-dealkylation sites (tertiary alicyclic amines) is 1. The van der Waals surface area contributed by atoms with Gasteiger partial charge in [0.05, 0.1) is 17.7 Å². The Morgan fingerprint density at radius 1 is 1.25 bits per heavy atom. The Kier molecular flexibility index (Phi) is 5.88. The van der Waals surface area contributed by atoms with E-state index in [0.717, 1.165) is 17.1 Å². The number of amides is 1. The van der Waals surface area contributed by atoms with Crippen molar-refractivity contribution in [2.75, 3.05) is 31.6 Å². The number of carbonyl (C=O) groups is 1. The number of sulfonamides is 1. The standard InChI is InChI=1S/C20H25N3O4S/c1-15-5-4-12-23(14-15)20(24)19-13-16(10-11-21-19)22(2)28(25,26)18-8-6-17(27-3)7-9-18/h6-11,13,15H,4-5,12,14H2,1-3H3. The van der Waals surface area contributed by atoms with Gasteiger partial charge in [0.15, 0.2) is 0 Å². The van der Waals surface area contributed by atoms with Crippen molar-refractivity contribution >= 4 is 21.6 Å². The van der Waals surface area contributed by atoms with Crippen molar-refractivity contribution in [2.45, 2.75) is 24.7 Å². The zero-order chi connectivity index (χ0) is 20.3. The molecular weight excluding hydrogens is 378 g/mol. The van der Waals surface area contributed by atoms with Gasteiger partial charge in [0.1, 0.15) is 11.4 Å². The second kappa shape index (κ2) is 8.18. The van der Waals surface area contributed by atoms with E-state index in [-0.39, 0.29) is 16.5 Å². The molecule has 1 aromatic heterocycles. The van der Waals surface area contributed by atoms with Crippen LogP contribution in [0.15, 0.2) is 47.5 Å². The Labute approximate surface area is 166 Å². The van der Waals surface area contributed by atoms with Gasteiger partial charge in [-0.1, -0.05) is 6.92 Å². The second-order valence-corrected chi connectivity index (χ2v) is 9.02. The van der Waals surface area contributed by atoms with Gasteiger partial charge in [-0.2, -0.15) is 0 Å². The Bertz CT molecular complexity index is 944. The topological polar surface area (TPSA) is 79.8 Å². The van der Waals surface area contributed by atoms with Crippen molar-refractivity contribution in [3.8, 4) is 5.75 Å². The lowest BCUT2D eigenvalue weighted by molar-refractivity contribution is 0.0677. The third kappa shape index (κ3) is 4.11. The average Bonchev–Trinajstić information content (AvgIpc) is 2.72. The number of ether oxygens (including phenoxy) is 1. The zero-order valence-corrected chi connectivity index (χ0v) is 17.1. The van der Waals surface area contributed by atoms with E-state index < -0.39 is 10.0 Å². The predicted molar refractivity (Wildman–Crippen MR) is 107 cm³/mol. The Morgan fingerprint density at radius 2 is 1.96 bits per heavy atom. The SMILES string of the molecule is COc1ccc(S(=O)(=O)N(C)c2ccnc(C(=O)N3CCCC(C)C3)c2)cc1. The molecule has 1 aliphatic heterocycles. The van der Waals surface area contributed by atoms with Gasteiger partial charge in [-0.05, 0) is 55.2 Å². The van der Waals surface area contributed by atoms with E-state index in [2.05, 4.69) is 11.9 Å². The molecule has 3 rings (SSSR count). The van der Waals surface area contributed by atoms with Gasteiger partial charge in [-0.3, -0.25) is 14.1 Å². The number of piperidine rings is 1. The molecule has 1 aliphatic rings. The molecule has 1 amide bonds. The van der Waals surface area contributed by atoms with Crippen LogP contribution >= 0.6 is 0 Å². The van der Waals surface area contributed by atoms with Crippen LogP contribution in [-0.2, 0) is 10.0 Å². The molecule has 2 heterocycles. The van der Waals surface area contributed by atoms with Crippen molar-refractivity contribution in [2.24, 2.45) is 5.92 Å². The van der Waals surface area contributed by atoms with Crippen LogP contribution < -0.4 is 9.04 Å². The molecule has 1 unspecified atom stereocenters. The molecular formula is C20H25N3O4S.